The predicted molar refractivity (Wildman–Crippen MR) is 416 cm³/mol. The van der Waals surface area contributed by atoms with E-state index in [0.717, 1.165) is 55.0 Å². The van der Waals surface area contributed by atoms with Crippen molar-refractivity contribution in [2.24, 2.45) is 0 Å². The van der Waals surface area contributed by atoms with Crippen molar-refractivity contribution >= 4 is 87.5 Å². The van der Waals surface area contributed by atoms with Gasteiger partial charge in [-0.1, -0.05) is 243 Å². The smallest absolute Gasteiger partial charge is 0.143 e. The second kappa shape index (κ2) is 19.1. The van der Waals surface area contributed by atoms with Crippen LogP contribution in [-0.2, 0) is 21.7 Å². The maximum absolute atomic E-state index is 7.30. The molecular formula is C96H68N2O2. The van der Waals surface area contributed by atoms with E-state index >= 15 is 0 Å². The minimum atomic E-state index is -0.349. The molecular weight excluding hydrogens is 1210 g/mol. The summed E-state index contributed by atoms with van der Waals surface area (Å²) < 4.78 is 18.7. The molecule has 4 heteroatoms. The van der Waals surface area contributed by atoms with Crippen molar-refractivity contribution in [3.05, 3.63) is 311 Å². The van der Waals surface area contributed by atoms with Gasteiger partial charge in [0.1, 0.15) is 22.3 Å². The van der Waals surface area contributed by atoms with Crippen molar-refractivity contribution in [2.75, 3.05) is 0 Å². The lowest BCUT2D eigenvalue weighted by Gasteiger charge is -2.25. The summed E-state index contributed by atoms with van der Waals surface area (Å²) in [5.74, 6) is 0. The number of rotatable bonds is 5. The number of furan rings is 2. The Balaban J connectivity index is 0.672. The fraction of sp³-hybridized carbons (Fsp3) is 0.125. The molecule has 14 aromatic carbocycles. The predicted octanol–water partition coefficient (Wildman–Crippen LogP) is 25.9. The second-order valence-corrected chi connectivity index (χ2v) is 31.0. The summed E-state index contributed by atoms with van der Waals surface area (Å²) >= 11 is 0. The summed E-state index contributed by atoms with van der Waals surface area (Å²) in [6, 6.07) is 101. The van der Waals surface area contributed by atoms with Gasteiger partial charge in [0.15, 0.2) is 0 Å². The number of para-hydroxylation sites is 4. The number of fused-ring (bicyclic) bond motifs is 26. The third kappa shape index (κ3) is 7.10. The Hall–Kier alpha value is -11.7. The van der Waals surface area contributed by atoms with E-state index in [0.29, 0.717) is 0 Å². The highest BCUT2D eigenvalue weighted by atomic mass is 16.3. The SMILES string of the molecule is CC1(C)c2cc(-c3cccc4c3oc3cccc(-c5cc6c7ccccc7n(-c7ccc8c(c7)C(C)(C)c7cc(-c9ccc%10oc%11ccccc%11c%10c9)ccc7-8)c6c6c5-c5ccccc5C6(C)C)c34)ccc2-c2ccc(-n3c4ccccc4c4ccc5c(c43)C(C)(C)c3ccccc3-5)cc21. The van der Waals surface area contributed by atoms with E-state index in [1.807, 2.05) is 6.07 Å². The van der Waals surface area contributed by atoms with Gasteiger partial charge in [-0.2, -0.15) is 0 Å². The summed E-state index contributed by atoms with van der Waals surface area (Å²) in [6.07, 6.45) is 0. The van der Waals surface area contributed by atoms with Gasteiger partial charge in [-0.3, -0.25) is 0 Å². The Morgan fingerprint density at radius 3 is 1.43 bits per heavy atom. The summed E-state index contributed by atoms with van der Waals surface area (Å²) in [4.78, 5) is 0. The molecule has 0 N–H and O–H groups in total. The van der Waals surface area contributed by atoms with Crippen LogP contribution >= 0.6 is 0 Å². The van der Waals surface area contributed by atoms with E-state index in [4.69, 9.17) is 8.83 Å². The van der Waals surface area contributed by atoms with Crippen LogP contribution in [0.1, 0.15) is 99.9 Å². The molecule has 0 bridgehead atoms. The van der Waals surface area contributed by atoms with E-state index in [-0.39, 0.29) is 21.7 Å². The van der Waals surface area contributed by atoms with Crippen molar-refractivity contribution in [3.8, 4) is 89.3 Å². The maximum atomic E-state index is 7.30. The number of hydrogen-bond donors (Lipinski definition) is 0. The summed E-state index contributed by atoms with van der Waals surface area (Å²) in [5, 5.41) is 9.59. The molecule has 0 radical (unpaired) electrons. The Bertz CT molecular complexity index is 6780. The van der Waals surface area contributed by atoms with Crippen molar-refractivity contribution in [1.29, 1.82) is 0 Å². The fourth-order valence-corrected chi connectivity index (χ4v) is 19.7. The average Bonchev–Trinajstić information content (AvgIpc) is 1.53. The molecule has 4 nitrogen and oxygen atoms in total. The molecule has 0 atom stereocenters. The first kappa shape index (κ1) is 56.3. The van der Waals surface area contributed by atoms with Crippen LogP contribution in [0.2, 0.25) is 0 Å². The van der Waals surface area contributed by atoms with Gasteiger partial charge in [0.2, 0.25) is 0 Å². The minimum Gasteiger partial charge on any atom is -0.456 e. The summed E-state index contributed by atoms with van der Waals surface area (Å²) in [6.45, 7) is 19.4. The van der Waals surface area contributed by atoms with E-state index in [9.17, 15) is 0 Å². The molecule has 0 unspecified atom stereocenters. The normalized spacial score (nSPS) is 15.3. The molecule has 18 aromatic rings. The number of hydrogen-bond acceptors (Lipinski definition) is 2. The topological polar surface area (TPSA) is 36.1 Å². The van der Waals surface area contributed by atoms with Crippen LogP contribution < -0.4 is 0 Å². The van der Waals surface area contributed by atoms with Gasteiger partial charge in [0.25, 0.3) is 0 Å². The minimum absolute atomic E-state index is 0.174. The zero-order valence-corrected chi connectivity index (χ0v) is 57.1. The maximum Gasteiger partial charge on any atom is 0.143 e. The zero-order chi connectivity index (χ0) is 66.8. The molecule has 4 aliphatic carbocycles. The molecule has 0 spiro atoms. The molecule has 4 aliphatic rings. The van der Waals surface area contributed by atoms with Gasteiger partial charge in [0, 0.05) is 81.7 Å². The Kier molecular flexibility index (Phi) is 10.8. The lowest BCUT2D eigenvalue weighted by atomic mass is 9.80. The Labute approximate surface area is 579 Å². The van der Waals surface area contributed by atoms with Crippen LogP contribution in [-0.4, -0.2) is 9.13 Å². The van der Waals surface area contributed by atoms with Crippen molar-refractivity contribution in [2.45, 2.75) is 77.0 Å². The monoisotopic (exact) mass is 1280 g/mol. The van der Waals surface area contributed by atoms with Crippen LogP contribution in [0.4, 0.5) is 0 Å². The summed E-state index contributed by atoms with van der Waals surface area (Å²) in [5.41, 5.74) is 38.2. The number of aromatic nitrogens is 2. The van der Waals surface area contributed by atoms with Crippen LogP contribution in [0.15, 0.2) is 276 Å². The van der Waals surface area contributed by atoms with E-state index in [1.165, 1.54) is 166 Å². The highest BCUT2D eigenvalue weighted by molar-refractivity contribution is 6.21. The molecule has 0 amide bonds. The first-order valence-corrected chi connectivity index (χ1v) is 35.5. The van der Waals surface area contributed by atoms with E-state index in [1.54, 1.807) is 0 Å². The molecule has 474 valence electrons. The molecule has 0 fully saturated rings. The van der Waals surface area contributed by atoms with Crippen molar-refractivity contribution in [3.63, 3.8) is 0 Å². The Morgan fingerprint density at radius 2 is 0.720 bits per heavy atom. The lowest BCUT2D eigenvalue weighted by Crippen LogP contribution is -2.17. The highest BCUT2D eigenvalue weighted by Gasteiger charge is 2.44. The number of nitrogens with zero attached hydrogens (tertiary/aromatic N) is 2. The molecule has 0 aliphatic heterocycles. The lowest BCUT2D eigenvalue weighted by molar-refractivity contribution is 0.659. The van der Waals surface area contributed by atoms with E-state index in [2.05, 4.69) is 325 Å². The third-order valence-corrected chi connectivity index (χ3v) is 24.5. The van der Waals surface area contributed by atoms with Gasteiger partial charge in [-0.25, -0.2) is 0 Å². The molecule has 0 saturated heterocycles. The van der Waals surface area contributed by atoms with Crippen molar-refractivity contribution < 1.29 is 8.83 Å². The molecule has 4 heterocycles. The molecule has 4 aromatic heterocycles. The quantitative estimate of drug-likeness (QED) is 0.172. The van der Waals surface area contributed by atoms with Gasteiger partial charge in [0.05, 0.1) is 22.1 Å². The fourth-order valence-electron chi connectivity index (χ4n) is 19.7. The first-order chi connectivity index (χ1) is 48.6. The molecule has 22 rings (SSSR count). The Morgan fingerprint density at radius 1 is 0.250 bits per heavy atom. The largest absolute Gasteiger partial charge is 0.456 e. The van der Waals surface area contributed by atoms with E-state index < -0.39 is 0 Å². The van der Waals surface area contributed by atoms with Gasteiger partial charge >= 0.3 is 0 Å². The van der Waals surface area contributed by atoms with Gasteiger partial charge in [-0.05, 0) is 196 Å². The second-order valence-electron chi connectivity index (χ2n) is 31.0. The third-order valence-electron chi connectivity index (χ3n) is 24.5. The van der Waals surface area contributed by atoms with Crippen LogP contribution in [0, 0.1) is 0 Å². The summed E-state index contributed by atoms with van der Waals surface area (Å²) in [7, 11) is 0. The van der Waals surface area contributed by atoms with Crippen LogP contribution in [0.25, 0.3) is 177 Å². The highest BCUT2D eigenvalue weighted by Crippen LogP contribution is 2.60. The standard InChI is InChI=1S/C96H68N2O2/c1-93(2)77-48-54(53-37-46-84-72(47-53)66-24-13-18-33-83(66)99-84)35-40-60(77)62-43-39-57(51-79(62)93)98-82-32-17-12-23-65(82)74-52-73(87-70-25-10-15-30-76(70)96(7,8)89(87)91(74)98)67-27-20-34-85-86(67)71-28-19-26-58(92(71)100-85)55-36-41-61-63-42-38-56(50-80(63)94(3,4)78(61)49-55)97-81-31-16-11-22-64(81)69-45-44-68-59-21-9-14-29-75(59)95(5,6)88(68)90(69)97/h9-52H,1-8H3. The van der Waals surface area contributed by atoms with Gasteiger partial charge in [-0.15, -0.1) is 0 Å². The van der Waals surface area contributed by atoms with Gasteiger partial charge < -0.3 is 18.0 Å². The average molecular weight is 1280 g/mol. The number of benzene rings is 14. The van der Waals surface area contributed by atoms with Crippen LogP contribution in [0.5, 0.6) is 0 Å². The first-order valence-electron chi connectivity index (χ1n) is 35.5. The molecule has 100 heavy (non-hydrogen) atoms. The van der Waals surface area contributed by atoms with Crippen molar-refractivity contribution in [1.82, 2.24) is 9.13 Å². The zero-order valence-electron chi connectivity index (χ0n) is 57.1. The van der Waals surface area contributed by atoms with Crippen LogP contribution in [0.3, 0.4) is 0 Å². The molecule has 0 saturated carbocycles.